The molecule has 0 radical (unpaired) electrons. The van der Waals surface area contributed by atoms with E-state index in [0.717, 1.165) is 5.56 Å². The molecule has 0 aliphatic rings. The van der Waals surface area contributed by atoms with E-state index in [1.165, 1.54) is 6.21 Å². The van der Waals surface area contributed by atoms with Crippen LogP contribution in [0.1, 0.15) is 30.5 Å². The third-order valence-electron chi connectivity index (χ3n) is 3.60. The molecule has 0 aliphatic carbocycles. The number of benzene rings is 2. The number of hydrogen-bond donors (Lipinski definition) is 3. The van der Waals surface area contributed by atoms with Crippen LogP contribution < -0.4 is 10.7 Å². The van der Waals surface area contributed by atoms with Gasteiger partial charge in [-0.3, -0.25) is 4.79 Å². The maximum atomic E-state index is 12.3. The van der Waals surface area contributed by atoms with E-state index in [-0.39, 0.29) is 24.7 Å². The molecule has 0 aliphatic heterocycles. The van der Waals surface area contributed by atoms with Crippen molar-refractivity contribution in [2.45, 2.75) is 19.4 Å². The zero-order valence-electron chi connectivity index (χ0n) is 15.0. The summed E-state index contributed by atoms with van der Waals surface area (Å²) in [5, 5.41) is 16.3. The number of rotatable bonds is 7. The summed E-state index contributed by atoms with van der Waals surface area (Å²) < 4.78 is 5.90. The van der Waals surface area contributed by atoms with Crippen LogP contribution in [0.15, 0.2) is 56.5 Å². The molecule has 2 rings (SSSR count). The Balaban J connectivity index is 2.02. The standard InChI is InChI=1S/C19H19Br2N3O4/c1-2-28-19(27)23-16(13-6-4-3-5-7-13)10-17(25)24-22-11-12-8-14(20)18(26)15(21)9-12/h3-9,11,16,26H,2,10H2,1H3,(H,23,27)(H,24,25)/b22-11-/t16-/m1/s1. The fourth-order valence-electron chi connectivity index (χ4n) is 2.32. The Kier molecular flexibility index (Phi) is 8.46. The molecule has 1 atom stereocenters. The second-order valence-electron chi connectivity index (χ2n) is 5.66. The zero-order valence-corrected chi connectivity index (χ0v) is 18.2. The second kappa shape index (κ2) is 10.8. The first-order valence-electron chi connectivity index (χ1n) is 8.38. The lowest BCUT2D eigenvalue weighted by molar-refractivity contribution is -0.121. The number of halogens is 2. The molecule has 0 spiro atoms. The summed E-state index contributed by atoms with van der Waals surface area (Å²) in [4.78, 5) is 24.0. The van der Waals surface area contributed by atoms with Gasteiger partial charge in [0.05, 0.1) is 34.2 Å². The molecule has 28 heavy (non-hydrogen) atoms. The van der Waals surface area contributed by atoms with Crippen LogP contribution in [0.5, 0.6) is 5.75 Å². The molecule has 148 valence electrons. The van der Waals surface area contributed by atoms with E-state index < -0.39 is 12.1 Å². The van der Waals surface area contributed by atoms with Gasteiger partial charge in [-0.2, -0.15) is 5.10 Å². The summed E-state index contributed by atoms with van der Waals surface area (Å²) in [6, 6.07) is 11.9. The van der Waals surface area contributed by atoms with Gasteiger partial charge in [0.2, 0.25) is 5.91 Å². The first kappa shape index (κ1) is 21.9. The minimum absolute atomic E-state index is 0.0108. The predicted octanol–water partition coefficient (Wildman–Crippen LogP) is 4.24. The van der Waals surface area contributed by atoms with E-state index in [2.05, 4.69) is 47.7 Å². The van der Waals surface area contributed by atoms with Crippen LogP contribution in [0.2, 0.25) is 0 Å². The molecule has 2 amide bonds. The van der Waals surface area contributed by atoms with Crippen molar-refractivity contribution < 1.29 is 19.4 Å². The molecule has 0 aromatic heterocycles. The number of amides is 2. The first-order chi connectivity index (χ1) is 13.4. The number of phenolic OH excluding ortho intramolecular Hbond substituents is 1. The van der Waals surface area contributed by atoms with E-state index in [4.69, 9.17) is 4.74 Å². The van der Waals surface area contributed by atoms with Crippen molar-refractivity contribution in [2.24, 2.45) is 5.10 Å². The SMILES string of the molecule is CCOC(=O)N[C@H](CC(=O)N/N=C\c1cc(Br)c(O)c(Br)c1)c1ccccc1. The molecule has 0 fully saturated rings. The lowest BCUT2D eigenvalue weighted by Gasteiger charge is -2.18. The smallest absolute Gasteiger partial charge is 0.407 e. The molecule has 9 heteroatoms. The van der Waals surface area contributed by atoms with Gasteiger partial charge >= 0.3 is 6.09 Å². The summed E-state index contributed by atoms with van der Waals surface area (Å²) in [6.45, 7) is 1.94. The molecular formula is C19H19Br2N3O4. The molecule has 3 N–H and O–H groups in total. The minimum atomic E-state index is -0.591. The topological polar surface area (TPSA) is 100 Å². The van der Waals surface area contributed by atoms with Crippen molar-refractivity contribution in [2.75, 3.05) is 6.61 Å². The van der Waals surface area contributed by atoms with Crippen LogP contribution in [-0.4, -0.2) is 29.9 Å². The monoisotopic (exact) mass is 511 g/mol. The van der Waals surface area contributed by atoms with Crippen LogP contribution in [-0.2, 0) is 9.53 Å². The Morgan fingerprint density at radius 2 is 1.86 bits per heavy atom. The van der Waals surface area contributed by atoms with Crippen LogP contribution in [0.3, 0.4) is 0 Å². The molecule has 0 saturated heterocycles. The van der Waals surface area contributed by atoms with Gasteiger partial charge in [-0.15, -0.1) is 0 Å². The summed E-state index contributed by atoms with van der Waals surface area (Å²) in [7, 11) is 0. The zero-order chi connectivity index (χ0) is 20.5. The van der Waals surface area contributed by atoms with Gasteiger partial charge in [0.15, 0.2) is 0 Å². The van der Waals surface area contributed by atoms with E-state index in [9.17, 15) is 14.7 Å². The number of aromatic hydroxyl groups is 1. The number of alkyl carbamates (subject to hydrolysis) is 1. The Morgan fingerprint density at radius 1 is 1.21 bits per heavy atom. The van der Waals surface area contributed by atoms with Crippen LogP contribution in [0.4, 0.5) is 4.79 Å². The number of nitrogens with one attached hydrogen (secondary N) is 2. The highest BCUT2D eigenvalue weighted by Gasteiger charge is 2.18. The lowest BCUT2D eigenvalue weighted by atomic mass is 10.0. The Hall–Kier alpha value is -2.39. The van der Waals surface area contributed by atoms with Gasteiger partial charge in [-0.25, -0.2) is 10.2 Å². The minimum Gasteiger partial charge on any atom is -0.506 e. The highest BCUT2D eigenvalue weighted by atomic mass is 79.9. The largest absolute Gasteiger partial charge is 0.506 e. The Labute approximate surface area is 179 Å². The van der Waals surface area contributed by atoms with E-state index in [0.29, 0.717) is 14.5 Å². The van der Waals surface area contributed by atoms with Crippen molar-refractivity contribution in [1.29, 1.82) is 0 Å². The number of carbonyl (C=O) groups is 2. The molecule has 0 bridgehead atoms. The van der Waals surface area contributed by atoms with Crippen LogP contribution in [0, 0.1) is 0 Å². The first-order valence-corrected chi connectivity index (χ1v) is 9.97. The lowest BCUT2D eigenvalue weighted by Crippen LogP contribution is -2.33. The van der Waals surface area contributed by atoms with Crippen molar-refractivity contribution in [3.05, 3.63) is 62.5 Å². The Morgan fingerprint density at radius 3 is 2.46 bits per heavy atom. The molecule has 0 saturated carbocycles. The summed E-state index contributed by atoms with van der Waals surface area (Å²) in [5.74, 6) is -0.296. The van der Waals surface area contributed by atoms with Crippen LogP contribution >= 0.6 is 31.9 Å². The predicted molar refractivity (Wildman–Crippen MR) is 113 cm³/mol. The van der Waals surface area contributed by atoms with Gasteiger partial charge in [0.25, 0.3) is 0 Å². The Bertz CT molecular complexity index is 837. The fourth-order valence-corrected chi connectivity index (χ4v) is 3.54. The number of ether oxygens (including phenoxy) is 1. The van der Waals surface area contributed by atoms with E-state index in [1.807, 2.05) is 30.3 Å². The number of hydrogen-bond acceptors (Lipinski definition) is 5. The quantitative estimate of drug-likeness (QED) is 0.381. The highest BCUT2D eigenvalue weighted by Crippen LogP contribution is 2.32. The number of carbonyl (C=O) groups excluding carboxylic acids is 2. The number of nitrogens with zero attached hydrogens (tertiary/aromatic N) is 1. The maximum Gasteiger partial charge on any atom is 0.407 e. The number of hydrazone groups is 1. The molecule has 0 unspecified atom stereocenters. The molecule has 2 aromatic carbocycles. The van der Waals surface area contributed by atoms with Gasteiger partial charge < -0.3 is 15.2 Å². The van der Waals surface area contributed by atoms with Gasteiger partial charge in [-0.1, -0.05) is 30.3 Å². The van der Waals surface area contributed by atoms with Crippen LogP contribution in [0.25, 0.3) is 0 Å². The number of phenols is 1. The third-order valence-corrected chi connectivity index (χ3v) is 4.81. The summed E-state index contributed by atoms with van der Waals surface area (Å²) >= 11 is 6.46. The van der Waals surface area contributed by atoms with E-state index >= 15 is 0 Å². The van der Waals surface area contributed by atoms with Crippen molar-refractivity contribution in [3.8, 4) is 5.75 Å². The average Bonchev–Trinajstić information content (AvgIpc) is 2.66. The van der Waals surface area contributed by atoms with Gasteiger partial charge in [-0.05, 0) is 62.0 Å². The normalized spacial score (nSPS) is 11.8. The van der Waals surface area contributed by atoms with Gasteiger partial charge in [0.1, 0.15) is 5.75 Å². The molecule has 7 nitrogen and oxygen atoms in total. The van der Waals surface area contributed by atoms with E-state index in [1.54, 1.807) is 19.1 Å². The van der Waals surface area contributed by atoms with Crippen molar-refractivity contribution >= 4 is 50.1 Å². The molecule has 0 heterocycles. The second-order valence-corrected chi connectivity index (χ2v) is 7.37. The fraction of sp³-hybridized carbons (Fsp3) is 0.211. The summed E-state index contributed by atoms with van der Waals surface area (Å²) in [5.41, 5.74) is 3.88. The maximum absolute atomic E-state index is 12.3. The highest BCUT2D eigenvalue weighted by molar-refractivity contribution is 9.11. The molecular weight excluding hydrogens is 494 g/mol. The third kappa shape index (κ3) is 6.65. The molecule has 2 aromatic rings. The van der Waals surface area contributed by atoms with Crippen molar-refractivity contribution in [3.63, 3.8) is 0 Å². The average molecular weight is 513 g/mol. The van der Waals surface area contributed by atoms with Gasteiger partial charge in [0, 0.05) is 0 Å². The summed E-state index contributed by atoms with van der Waals surface area (Å²) in [6.07, 6.45) is 0.846. The van der Waals surface area contributed by atoms with Crippen molar-refractivity contribution in [1.82, 2.24) is 10.7 Å².